The number of rotatable bonds is 8. The molecule has 0 radical (unpaired) electrons. The molecule has 11 heteroatoms. The van der Waals surface area contributed by atoms with Crippen LogP contribution in [0.1, 0.15) is 16.7 Å². The van der Waals surface area contributed by atoms with Crippen molar-refractivity contribution in [2.45, 2.75) is 31.7 Å². The predicted octanol–water partition coefficient (Wildman–Crippen LogP) is 3.54. The highest BCUT2D eigenvalue weighted by Gasteiger charge is 2.51. The number of urea groups is 1. The van der Waals surface area contributed by atoms with Gasteiger partial charge in [0.15, 0.2) is 5.13 Å². The Morgan fingerprint density at radius 3 is 2.35 bits per heavy atom. The highest BCUT2D eigenvalue weighted by atomic mass is 32.1. The standard InChI is InChI=1S/C32H35N7O3S/c1-35(2)32-34-29-24(15-10-16-26(29)43-32)19-37-20-27-38(36(3)31(42)33-18-23-13-8-5-9-14-23)21-28(40)39(27)25(30(37)41)17-22-11-6-4-7-12-22/h4-16,25,27H,17-21H2,1-3H3,(H,33,42)/t25-,27+/m0/s1. The van der Waals surface area contributed by atoms with E-state index in [-0.39, 0.29) is 30.9 Å². The Bertz CT molecular complexity index is 1630. The van der Waals surface area contributed by atoms with Crippen molar-refractivity contribution in [3.05, 3.63) is 95.6 Å². The fraction of sp³-hybridized carbons (Fsp3) is 0.312. The molecule has 0 unspecified atom stereocenters. The van der Waals surface area contributed by atoms with E-state index in [9.17, 15) is 14.4 Å². The number of carbonyl (C=O) groups is 3. The van der Waals surface area contributed by atoms with Gasteiger partial charge in [0.1, 0.15) is 12.2 Å². The van der Waals surface area contributed by atoms with Crippen molar-refractivity contribution in [3.63, 3.8) is 0 Å². The van der Waals surface area contributed by atoms with E-state index in [0.29, 0.717) is 19.5 Å². The number of nitrogens with one attached hydrogen (secondary N) is 1. The zero-order valence-corrected chi connectivity index (χ0v) is 25.3. The van der Waals surface area contributed by atoms with Crippen LogP contribution in [0.4, 0.5) is 9.93 Å². The van der Waals surface area contributed by atoms with E-state index in [0.717, 1.165) is 32.0 Å². The zero-order chi connectivity index (χ0) is 30.1. The first-order valence-electron chi connectivity index (χ1n) is 14.3. The summed E-state index contributed by atoms with van der Waals surface area (Å²) >= 11 is 1.61. The van der Waals surface area contributed by atoms with E-state index in [2.05, 4.69) is 5.32 Å². The van der Waals surface area contributed by atoms with Gasteiger partial charge in [0.2, 0.25) is 11.8 Å². The van der Waals surface area contributed by atoms with Crippen molar-refractivity contribution in [1.29, 1.82) is 0 Å². The van der Waals surface area contributed by atoms with Crippen LogP contribution in [-0.2, 0) is 29.1 Å². The molecule has 1 aromatic heterocycles. The summed E-state index contributed by atoms with van der Waals surface area (Å²) in [6.07, 6.45) is -0.0969. The second kappa shape index (κ2) is 12.0. The Morgan fingerprint density at radius 1 is 0.953 bits per heavy atom. The summed E-state index contributed by atoms with van der Waals surface area (Å²) in [7, 11) is 5.60. The monoisotopic (exact) mass is 597 g/mol. The summed E-state index contributed by atoms with van der Waals surface area (Å²) in [6.45, 7) is 1.01. The molecule has 43 heavy (non-hydrogen) atoms. The van der Waals surface area contributed by atoms with Crippen molar-refractivity contribution in [1.82, 2.24) is 30.1 Å². The van der Waals surface area contributed by atoms with E-state index < -0.39 is 12.2 Å². The van der Waals surface area contributed by atoms with Gasteiger partial charge in [-0.1, -0.05) is 84.1 Å². The lowest BCUT2D eigenvalue weighted by Gasteiger charge is -2.45. The van der Waals surface area contributed by atoms with E-state index >= 15 is 0 Å². The molecule has 2 fully saturated rings. The second-order valence-corrected chi connectivity index (χ2v) is 12.1. The van der Waals surface area contributed by atoms with Crippen LogP contribution in [0.15, 0.2) is 78.9 Å². The van der Waals surface area contributed by atoms with Gasteiger partial charge in [-0.05, 0) is 22.8 Å². The van der Waals surface area contributed by atoms with E-state index in [1.54, 1.807) is 28.3 Å². The molecular formula is C32H35N7O3S. The summed E-state index contributed by atoms with van der Waals surface area (Å²) in [6, 6.07) is 24.5. The van der Waals surface area contributed by atoms with Crippen LogP contribution in [0.25, 0.3) is 10.2 Å². The number of carbonyl (C=O) groups excluding carboxylic acids is 3. The summed E-state index contributed by atoms with van der Waals surface area (Å²) in [5.41, 5.74) is 3.78. The molecule has 3 heterocycles. The molecule has 0 spiro atoms. The Hall–Kier alpha value is -4.48. The molecule has 0 saturated carbocycles. The number of para-hydroxylation sites is 1. The van der Waals surface area contributed by atoms with Crippen molar-refractivity contribution < 1.29 is 14.4 Å². The largest absolute Gasteiger partial charge is 0.354 e. The van der Waals surface area contributed by atoms with Gasteiger partial charge in [-0.25, -0.2) is 9.78 Å². The number of fused-ring (bicyclic) bond motifs is 2. The lowest BCUT2D eigenvalue weighted by atomic mass is 10.00. The van der Waals surface area contributed by atoms with Crippen molar-refractivity contribution >= 4 is 44.5 Å². The van der Waals surface area contributed by atoms with Crippen LogP contribution >= 0.6 is 11.3 Å². The normalized spacial score (nSPS) is 18.7. The van der Waals surface area contributed by atoms with Crippen LogP contribution < -0.4 is 10.2 Å². The molecule has 222 valence electrons. The van der Waals surface area contributed by atoms with E-state index in [1.807, 2.05) is 103 Å². The lowest BCUT2D eigenvalue weighted by molar-refractivity contribution is -0.157. The van der Waals surface area contributed by atoms with Crippen molar-refractivity contribution in [2.75, 3.05) is 39.1 Å². The fourth-order valence-corrected chi connectivity index (χ4v) is 6.75. The molecule has 2 atom stereocenters. The van der Waals surface area contributed by atoms with Crippen LogP contribution in [0.2, 0.25) is 0 Å². The molecule has 2 saturated heterocycles. The van der Waals surface area contributed by atoms with Gasteiger partial charge in [-0.15, -0.1) is 0 Å². The molecule has 3 aromatic carbocycles. The molecule has 6 rings (SSSR count). The van der Waals surface area contributed by atoms with Gasteiger partial charge in [0.05, 0.1) is 23.3 Å². The van der Waals surface area contributed by atoms with Crippen molar-refractivity contribution in [2.24, 2.45) is 0 Å². The summed E-state index contributed by atoms with van der Waals surface area (Å²) < 4.78 is 1.06. The molecule has 1 N–H and O–H groups in total. The number of anilines is 1. The SMILES string of the molecule is CN(C)c1nc2c(CN3C[C@H]4N(C(=O)CN4N(C)C(=O)NCc4ccccc4)[C@@H](Cc4ccccc4)C3=O)cccc2s1. The number of benzene rings is 3. The first-order chi connectivity index (χ1) is 20.8. The topological polar surface area (TPSA) is 92.3 Å². The quantitative estimate of drug-likeness (QED) is 0.334. The van der Waals surface area contributed by atoms with Crippen LogP contribution in [0, 0.1) is 0 Å². The number of hydrogen-bond donors (Lipinski definition) is 1. The summed E-state index contributed by atoms with van der Waals surface area (Å²) in [5, 5.41) is 7.10. The predicted molar refractivity (Wildman–Crippen MR) is 167 cm³/mol. The third-order valence-corrected chi connectivity index (χ3v) is 9.23. The first-order valence-corrected chi connectivity index (χ1v) is 15.1. The average molecular weight is 598 g/mol. The maximum atomic E-state index is 14.1. The van der Waals surface area contributed by atoms with Crippen LogP contribution in [-0.4, -0.2) is 89.1 Å². The number of piperazine rings is 1. The van der Waals surface area contributed by atoms with E-state index in [1.165, 1.54) is 5.01 Å². The molecule has 4 aromatic rings. The summed E-state index contributed by atoms with van der Waals surface area (Å²) in [4.78, 5) is 51.2. The summed E-state index contributed by atoms with van der Waals surface area (Å²) in [5.74, 6) is -0.273. The van der Waals surface area contributed by atoms with Gasteiger partial charge in [-0.3, -0.25) is 14.6 Å². The highest BCUT2D eigenvalue weighted by Crippen LogP contribution is 2.33. The maximum Gasteiger partial charge on any atom is 0.332 e. The Balaban J connectivity index is 1.29. The minimum Gasteiger partial charge on any atom is -0.354 e. The average Bonchev–Trinajstić information content (AvgIpc) is 3.60. The number of thiazole rings is 1. The van der Waals surface area contributed by atoms with Crippen molar-refractivity contribution in [3.8, 4) is 0 Å². The Kier molecular flexibility index (Phi) is 8.00. The molecule has 10 nitrogen and oxygen atoms in total. The van der Waals surface area contributed by atoms with Gasteiger partial charge < -0.3 is 20.0 Å². The number of aromatic nitrogens is 1. The Labute approximate surface area is 255 Å². The molecular weight excluding hydrogens is 562 g/mol. The maximum absolute atomic E-state index is 14.1. The van der Waals surface area contributed by atoms with Crippen LogP contribution in [0.5, 0.6) is 0 Å². The van der Waals surface area contributed by atoms with Gasteiger partial charge in [-0.2, -0.15) is 5.01 Å². The highest BCUT2D eigenvalue weighted by molar-refractivity contribution is 7.22. The zero-order valence-electron chi connectivity index (χ0n) is 24.5. The third-order valence-electron chi connectivity index (χ3n) is 8.04. The van der Waals surface area contributed by atoms with Gasteiger partial charge in [0.25, 0.3) is 0 Å². The van der Waals surface area contributed by atoms with Crippen LogP contribution in [0.3, 0.4) is 0 Å². The lowest BCUT2D eigenvalue weighted by Crippen LogP contribution is -2.65. The molecule has 0 aliphatic carbocycles. The smallest absolute Gasteiger partial charge is 0.332 e. The number of hydrogen-bond acceptors (Lipinski definition) is 7. The first kappa shape index (κ1) is 28.6. The minimum atomic E-state index is -0.689. The molecule has 0 bridgehead atoms. The molecule has 2 aliphatic heterocycles. The molecule has 2 aliphatic rings. The Morgan fingerprint density at radius 2 is 1.65 bits per heavy atom. The number of nitrogens with zero attached hydrogens (tertiary/aromatic N) is 6. The number of amides is 4. The van der Waals surface area contributed by atoms with E-state index in [4.69, 9.17) is 4.98 Å². The molecule has 4 amide bonds. The minimum absolute atomic E-state index is 0.0141. The fourth-order valence-electron chi connectivity index (χ4n) is 5.81. The van der Waals surface area contributed by atoms with Gasteiger partial charge >= 0.3 is 6.03 Å². The third kappa shape index (κ3) is 5.78. The van der Waals surface area contributed by atoms with Gasteiger partial charge in [0, 0.05) is 40.7 Å². The number of hydrazine groups is 1. The second-order valence-electron chi connectivity index (χ2n) is 11.1.